The van der Waals surface area contributed by atoms with E-state index in [0.29, 0.717) is 11.5 Å². The number of aromatic nitrogens is 2. The van der Waals surface area contributed by atoms with E-state index in [9.17, 15) is 0 Å². The van der Waals surface area contributed by atoms with Gasteiger partial charge in [-0.2, -0.15) is 0 Å². The summed E-state index contributed by atoms with van der Waals surface area (Å²) in [6.45, 7) is 4.82. The van der Waals surface area contributed by atoms with Crippen LogP contribution in [0.2, 0.25) is 0 Å². The summed E-state index contributed by atoms with van der Waals surface area (Å²) in [5.41, 5.74) is 0.564. The molecule has 1 aliphatic carbocycles. The first-order valence-electron chi connectivity index (χ1n) is 7.65. The van der Waals surface area contributed by atoms with Gasteiger partial charge in [-0.15, -0.1) is 0 Å². The maximum atomic E-state index is 4.43. The molecule has 0 bridgehead atoms. The van der Waals surface area contributed by atoms with E-state index in [2.05, 4.69) is 42.8 Å². The highest BCUT2D eigenvalue weighted by Crippen LogP contribution is 2.39. The zero-order valence-corrected chi connectivity index (χ0v) is 12.9. The number of hydrogen-bond acceptors (Lipinski definition) is 2. The molecule has 1 heterocycles. The van der Waals surface area contributed by atoms with Gasteiger partial charge in [0.1, 0.15) is 5.82 Å². The Labute approximate surface area is 117 Å². The highest BCUT2D eigenvalue weighted by atomic mass is 15.0. The summed E-state index contributed by atoms with van der Waals surface area (Å²) in [4.78, 5) is 4.43. The third kappa shape index (κ3) is 3.82. The summed E-state index contributed by atoms with van der Waals surface area (Å²) in [5, 5.41) is 3.54. The quantitative estimate of drug-likeness (QED) is 0.884. The van der Waals surface area contributed by atoms with E-state index in [1.54, 1.807) is 0 Å². The third-order valence-electron chi connectivity index (χ3n) is 4.92. The molecular weight excluding hydrogens is 234 g/mol. The molecule has 0 saturated heterocycles. The largest absolute Gasteiger partial charge is 0.338 e. The van der Waals surface area contributed by atoms with E-state index in [-0.39, 0.29) is 0 Å². The van der Waals surface area contributed by atoms with E-state index >= 15 is 0 Å². The van der Waals surface area contributed by atoms with E-state index in [4.69, 9.17) is 0 Å². The Morgan fingerprint density at radius 1 is 1.42 bits per heavy atom. The first-order valence-corrected chi connectivity index (χ1v) is 7.65. The van der Waals surface area contributed by atoms with Crippen LogP contribution in [0.5, 0.6) is 0 Å². The Balaban J connectivity index is 1.85. The van der Waals surface area contributed by atoms with Crippen molar-refractivity contribution in [1.82, 2.24) is 14.9 Å². The van der Waals surface area contributed by atoms with Gasteiger partial charge in [0, 0.05) is 31.9 Å². The van der Waals surface area contributed by atoms with Crippen molar-refractivity contribution in [3.63, 3.8) is 0 Å². The van der Waals surface area contributed by atoms with Crippen molar-refractivity contribution in [2.45, 2.75) is 58.4 Å². The minimum Gasteiger partial charge on any atom is -0.338 e. The average molecular weight is 263 g/mol. The van der Waals surface area contributed by atoms with Gasteiger partial charge in [-0.3, -0.25) is 0 Å². The van der Waals surface area contributed by atoms with Crippen LogP contribution in [0.1, 0.15) is 51.8 Å². The van der Waals surface area contributed by atoms with Crippen LogP contribution in [0, 0.1) is 11.3 Å². The maximum Gasteiger partial charge on any atom is 0.108 e. The molecular formula is C16H29N3. The van der Waals surface area contributed by atoms with Gasteiger partial charge in [-0.05, 0) is 50.5 Å². The minimum atomic E-state index is 0.564. The Morgan fingerprint density at radius 2 is 2.11 bits per heavy atom. The molecule has 3 heteroatoms. The molecule has 2 rings (SSSR count). The molecule has 1 fully saturated rings. The van der Waals surface area contributed by atoms with E-state index < -0.39 is 0 Å². The summed E-state index contributed by atoms with van der Waals surface area (Å²) < 4.78 is 2.14. The van der Waals surface area contributed by atoms with E-state index in [0.717, 1.165) is 12.3 Å². The second kappa shape index (κ2) is 6.08. The molecule has 108 valence electrons. The van der Waals surface area contributed by atoms with Gasteiger partial charge in [-0.1, -0.05) is 13.8 Å². The normalized spacial score (nSPS) is 21.5. The van der Waals surface area contributed by atoms with Gasteiger partial charge in [-0.25, -0.2) is 4.98 Å². The van der Waals surface area contributed by atoms with Crippen LogP contribution < -0.4 is 5.32 Å². The number of aryl methyl sites for hydroxylation is 2. The topological polar surface area (TPSA) is 29.9 Å². The van der Waals surface area contributed by atoms with Crippen LogP contribution in [0.4, 0.5) is 0 Å². The second-order valence-corrected chi connectivity index (χ2v) is 6.89. The molecule has 1 aromatic rings. The highest BCUT2D eigenvalue weighted by Gasteiger charge is 2.30. The Kier molecular flexibility index (Phi) is 4.67. The molecule has 19 heavy (non-hydrogen) atoms. The molecule has 3 nitrogen and oxygen atoms in total. The van der Waals surface area contributed by atoms with Crippen molar-refractivity contribution in [2.24, 2.45) is 18.4 Å². The fraction of sp³-hybridized carbons (Fsp3) is 0.812. The molecule has 1 unspecified atom stereocenters. The van der Waals surface area contributed by atoms with Crippen molar-refractivity contribution in [3.8, 4) is 0 Å². The molecule has 1 atom stereocenters. The molecule has 0 spiro atoms. The molecule has 0 aromatic carbocycles. The molecule has 0 amide bonds. The van der Waals surface area contributed by atoms with Crippen molar-refractivity contribution >= 4 is 0 Å². The fourth-order valence-corrected chi connectivity index (χ4v) is 3.36. The molecule has 0 aliphatic heterocycles. The second-order valence-electron chi connectivity index (χ2n) is 6.89. The molecule has 1 N–H and O–H groups in total. The summed E-state index contributed by atoms with van der Waals surface area (Å²) in [5.74, 6) is 2.05. The Morgan fingerprint density at radius 3 is 2.63 bits per heavy atom. The van der Waals surface area contributed by atoms with Crippen LogP contribution in [0.25, 0.3) is 0 Å². The minimum absolute atomic E-state index is 0.564. The summed E-state index contributed by atoms with van der Waals surface area (Å²) in [6, 6.07) is 0.646. The van der Waals surface area contributed by atoms with Crippen molar-refractivity contribution in [1.29, 1.82) is 0 Å². The molecule has 1 aromatic heterocycles. The Hall–Kier alpha value is -0.830. The van der Waals surface area contributed by atoms with E-state index in [1.165, 1.54) is 37.9 Å². The number of nitrogens with one attached hydrogen (secondary N) is 1. The van der Waals surface area contributed by atoms with Crippen molar-refractivity contribution in [3.05, 3.63) is 18.2 Å². The maximum absolute atomic E-state index is 4.43. The predicted molar refractivity (Wildman–Crippen MR) is 80.1 cm³/mol. The first-order chi connectivity index (χ1) is 9.02. The fourth-order valence-electron chi connectivity index (χ4n) is 3.36. The summed E-state index contributed by atoms with van der Waals surface area (Å²) in [6.07, 6.45) is 11.7. The van der Waals surface area contributed by atoms with Gasteiger partial charge in [0.2, 0.25) is 0 Å². The summed E-state index contributed by atoms with van der Waals surface area (Å²) >= 11 is 0. The smallest absolute Gasteiger partial charge is 0.108 e. The van der Waals surface area contributed by atoms with Crippen LogP contribution >= 0.6 is 0 Å². The van der Waals surface area contributed by atoms with Gasteiger partial charge < -0.3 is 9.88 Å². The lowest BCUT2D eigenvalue weighted by molar-refractivity contribution is 0.160. The number of hydrogen-bond donors (Lipinski definition) is 1. The third-order valence-corrected chi connectivity index (χ3v) is 4.92. The summed E-state index contributed by atoms with van der Waals surface area (Å²) in [7, 11) is 4.20. The predicted octanol–water partition coefficient (Wildman–Crippen LogP) is 3.16. The number of rotatable bonds is 5. The zero-order valence-electron chi connectivity index (χ0n) is 12.9. The van der Waals surface area contributed by atoms with Crippen LogP contribution in [0.3, 0.4) is 0 Å². The standard InChI is InChI=1S/C16H29N3/c1-16(2)9-7-13(8-10-16)14(17-3)5-6-15-18-11-12-19(15)4/h11-14,17H,5-10H2,1-4H3. The van der Waals surface area contributed by atoms with Crippen LogP contribution in [-0.2, 0) is 13.5 Å². The van der Waals surface area contributed by atoms with Crippen LogP contribution in [-0.4, -0.2) is 22.6 Å². The van der Waals surface area contributed by atoms with Gasteiger partial charge in [0.15, 0.2) is 0 Å². The van der Waals surface area contributed by atoms with Crippen molar-refractivity contribution < 1.29 is 0 Å². The number of imidazole rings is 1. The van der Waals surface area contributed by atoms with Crippen LogP contribution in [0.15, 0.2) is 12.4 Å². The highest BCUT2D eigenvalue weighted by molar-refractivity contribution is 4.93. The molecule has 1 saturated carbocycles. The average Bonchev–Trinajstić information content (AvgIpc) is 2.77. The van der Waals surface area contributed by atoms with Gasteiger partial charge in [0.05, 0.1) is 0 Å². The molecule has 1 aliphatic rings. The monoisotopic (exact) mass is 263 g/mol. The SMILES string of the molecule is CNC(CCc1nccn1C)C1CCC(C)(C)CC1. The lowest BCUT2D eigenvalue weighted by Crippen LogP contribution is -2.37. The first kappa shape index (κ1) is 14.6. The van der Waals surface area contributed by atoms with Gasteiger partial charge >= 0.3 is 0 Å². The zero-order chi connectivity index (χ0) is 13.9. The molecule has 0 radical (unpaired) electrons. The van der Waals surface area contributed by atoms with Crippen molar-refractivity contribution in [2.75, 3.05) is 7.05 Å². The Bertz CT molecular complexity index is 384. The van der Waals surface area contributed by atoms with E-state index in [1.807, 2.05) is 12.4 Å². The lowest BCUT2D eigenvalue weighted by Gasteiger charge is -2.38. The van der Waals surface area contributed by atoms with Gasteiger partial charge in [0.25, 0.3) is 0 Å². The number of nitrogens with zero attached hydrogens (tertiary/aromatic N) is 2. The lowest BCUT2D eigenvalue weighted by atomic mass is 9.70.